The van der Waals surface area contributed by atoms with Crippen molar-refractivity contribution in [1.29, 1.82) is 0 Å². The van der Waals surface area contributed by atoms with Crippen molar-refractivity contribution in [1.82, 2.24) is 10.9 Å². The van der Waals surface area contributed by atoms with Crippen LogP contribution in [0.3, 0.4) is 0 Å². The summed E-state index contributed by atoms with van der Waals surface area (Å²) in [5, 5.41) is 0. The van der Waals surface area contributed by atoms with Gasteiger partial charge in [-0.1, -0.05) is 33.1 Å². The van der Waals surface area contributed by atoms with E-state index in [1.54, 1.807) is 24.3 Å². The second-order valence-corrected chi connectivity index (χ2v) is 6.51. The fourth-order valence-corrected chi connectivity index (χ4v) is 2.62. The number of hydrogen-bond acceptors (Lipinski definition) is 3. The molecule has 0 spiro atoms. The van der Waals surface area contributed by atoms with Gasteiger partial charge in [0.05, 0.1) is 6.61 Å². The summed E-state index contributed by atoms with van der Waals surface area (Å²) in [4.78, 5) is 24.0. The molecule has 2 N–H and O–H groups in total. The number of carbonyl (C=O) groups excluding carboxylic acids is 2. The largest absolute Gasteiger partial charge is 0.493 e. The van der Waals surface area contributed by atoms with Gasteiger partial charge in [-0.15, -0.1) is 0 Å². The highest BCUT2D eigenvalue weighted by molar-refractivity contribution is 5.95. The van der Waals surface area contributed by atoms with Crippen LogP contribution in [-0.2, 0) is 4.79 Å². The van der Waals surface area contributed by atoms with Gasteiger partial charge in [-0.2, -0.15) is 0 Å². The van der Waals surface area contributed by atoms with E-state index in [0.29, 0.717) is 18.1 Å². The fraction of sp³-hybridized carbons (Fsp3) is 0.556. The predicted octanol–water partition coefficient (Wildman–Crippen LogP) is 3.06. The molecule has 5 heteroatoms. The lowest BCUT2D eigenvalue weighted by Crippen LogP contribution is -2.44. The number of hydrogen-bond donors (Lipinski definition) is 2. The van der Waals surface area contributed by atoms with Crippen molar-refractivity contribution in [2.45, 2.75) is 46.0 Å². The minimum Gasteiger partial charge on any atom is -0.493 e. The zero-order valence-electron chi connectivity index (χ0n) is 13.9. The van der Waals surface area contributed by atoms with Crippen LogP contribution < -0.4 is 15.6 Å². The Morgan fingerprint density at radius 2 is 1.74 bits per heavy atom. The summed E-state index contributed by atoms with van der Waals surface area (Å²) in [5.74, 6) is 0.810. The normalized spacial score (nSPS) is 15.3. The lowest BCUT2D eigenvalue weighted by Gasteiger charge is -2.20. The van der Waals surface area contributed by atoms with Crippen molar-refractivity contribution in [3.05, 3.63) is 29.8 Å². The number of nitrogens with one attached hydrogen (secondary N) is 2. The molecule has 1 aromatic rings. The molecule has 5 nitrogen and oxygen atoms in total. The quantitative estimate of drug-likeness (QED) is 0.820. The Labute approximate surface area is 137 Å². The number of amides is 2. The maximum Gasteiger partial charge on any atom is 0.269 e. The van der Waals surface area contributed by atoms with Crippen LogP contribution in [0, 0.1) is 11.8 Å². The van der Waals surface area contributed by atoms with Crippen molar-refractivity contribution < 1.29 is 14.3 Å². The van der Waals surface area contributed by atoms with Crippen molar-refractivity contribution in [3.8, 4) is 5.75 Å². The van der Waals surface area contributed by atoms with Gasteiger partial charge in [-0.05, 0) is 43.0 Å². The summed E-state index contributed by atoms with van der Waals surface area (Å²) in [6, 6.07) is 6.91. The van der Waals surface area contributed by atoms with Gasteiger partial charge in [0.1, 0.15) is 5.75 Å². The van der Waals surface area contributed by atoms with Crippen LogP contribution in [0.2, 0.25) is 0 Å². The number of carbonyl (C=O) groups is 2. The van der Waals surface area contributed by atoms with Crippen LogP contribution >= 0.6 is 0 Å². The molecule has 0 bridgehead atoms. The second-order valence-electron chi connectivity index (χ2n) is 6.51. The molecular formula is C18H26N2O3. The molecule has 2 amide bonds. The minimum absolute atomic E-state index is 0.0239. The van der Waals surface area contributed by atoms with Gasteiger partial charge in [-0.3, -0.25) is 20.4 Å². The third-order valence-corrected chi connectivity index (χ3v) is 3.98. The Morgan fingerprint density at radius 3 is 2.35 bits per heavy atom. The first-order valence-electron chi connectivity index (χ1n) is 8.39. The highest BCUT2D eigenvalue weighted by Gasteiger charge is 2.21. The van der Waals surface area contributed by atoms with E-state index in [1.807, 2.05) is 0 Å². The topological polar surface area (TPSA) is 67.4 Å². The molecule has 1 fully saturated rings. The number of hydrazine groups is 1. The summed E-state index contributed by atoms with van der Waals surface area (Å²) in [5.41, 5.74) is 5.51. The average molecular weight is 318 g/mol. The standard InChI is InChI=1S/C18H26N2O3/c1-13(2)12-23-16-10-8-15(9-11-16)18(22)20-19-17(21)14-6-4-3-5-7-14/h8-11,13-14H,3-7,12H2,1-2H3,(H,19,21)(H,20,22). The van der Waals surface area contributed by atoms with E-state index in [-0.39, 0.29) is 17.7 Å². The molecular weight excluding hydrogens is 292 g/mol. The zero-order chi connectivity index (χ0) is 16.7. The SMILES string of the molecule is CC(C)COc1ccc(C(=O)NNC(=O)C2CCCCC2)cc1. The summed E-state index contributed by atoms with van der Waals surface area (Å²) in [7, 11) is 0. The highest BCUT2D eigenvalue weighted by atomic mass is 16.5. The molecule has 0 aliphatic heterocycles. The smallest absolute Gasteiger partial charge is 0.269 e. The van der Waals surface area contributed by atoms with Gasteiger partial charge in [0, 0.05) is 11.5 Å². The van der Waals surface area contributed by atoms with Crippen molar-refractivity contribution in [2.24, 2.45) is 11.8 Å². The van der Waals surface area contributed by atoms with Crippen LogP contribution in [0.15, 0.2) is 24.3 Å². The fourth-order valence-electron chi connectivity index (χ4n) is 2.62. The van der Waals surface area contributed by atoms with E-state index in [0.717, 1.165) is 31.4 Å². The first kappa shape index (κ1) is 17.3. The Morgan fingerprint density at radius 1 is 1.09 bits per heavy atom. The maximum absolute atomic E-state index is 12.0. The van der Waals surface area contributed by atoms with E-state index in [4.69, 9.17) is 4.74 Å². The summed E-state index contributed by atoms with van der Waals surface area (Å²) < 4.78 is 5.58. The third kappa shape index (κ3) is 5.58. The van der Waals surface area contributed by atoms with Crippen LogP contribution in [0.1, 0.15) is 56.3 Å². The maximum atomic E-state index is 12.0. The van der Waals surface area contributed by atoms with E-state index in [1.165, 1.54) is 6.42 Å². The van der Waals surface area contributed by atoms with Crippen LogP contribution in [0.25, 0.3) is 0 Å². The molecule has 0 heterocycles. The summed E-state index contributed by atoms with van der Waals surface area (Å²) in [6.07, 6.45) is 5.18. The van der Waals surface area contributed by atoms with Gasteiger partial charge >= 0.3 is 0 Å². The average Bonchev–Trinajstić information content (AvgIpc) is 2.58. The zero-order valence-corrected chi connectivity index (χ0v) is 13.9. The van der Waals surface area contributed by atoms with Crippen LogP contribution in [-0.4, -0.2) is 18.4 Å². The van der Waals surface area contributed by atoms with Gasteiger partial charge in [0.25, 0.3) is 5.91 Å². The molecule has 0 aromatic heterocycles. The van der Waals surface area contributed by atoms with Gasteiger partial charge in [0.15, 0.2) is 0 Å². The molecule has 0 radical (unpaired) electrons. The van der Waals surface area contributed by atoms with E-state index in [9.17, 15) is 9.59 Å². The van der Waals surface area contributed by atoms with E-state index < -0.39 is 0 Å². The summed E-state index contributed by atoms with van der Waals surface area (Å²) in [6.45, 7) is 4.80. The predicted molar refractivity (Wildman–Crippen MR) is 89.0 cm³/mol. The first-order chi connectivity index (χ1) is 11.1. The Kier molecular flexibility index (Phi) is 6.44. The summed E-state index contributed by atoms with van der Waals surface area (Å²) >= 11 is 0. The number of ether oxygens (including phenoxy) is 1. The van der Waals surface area contributed by atoms with Crippen LogP contribution in [0.5, 0.6) is 5.75 Å². The number of benzene rings is 1. The molecule has 0 atom stereocenters. The molecule has 1 aromatic carbocycles. The molecule has 1 saturated carbocycles. The Bertz CT molecular complexity index is 520. The molecule has 0 saturated heterocycles. The van der Waals surface area contributed by atoms with Gasteiger partial charge in [-0.25, -0.2) is 0 Å². The molecule has 0 unspecified atom stereocenters. The first-order valence-corrected chi connectivity index (χ1v) is 8.39. The lowest BCUT2D eigenvalue weighted by atomic mass is 9.89. The third-order valence-electron chi connectivity index (χ3n) is 3.98. The Hall–Kier alpha value is -2.04. The van der Waals surface area contributed by atoms with Gasteiger partial charge in [0.2, 0.25) is 5.91 Å². The van der Waals surface area contributed by atoms with Gasteiger partial charge < -0.3 is 4.74 Å². The highest BCUT2D eigenvalue weighted by Crippen LogP contribution is 2.23. The molecule has 1 aliphatic carbocycles. The molecule has 1 aliphatic rings. The number of rotatable bonds is 5. The molecule has 126 valence electrons. The molecule has 23 heavy (non-hydrogen) atoms. The van der Waals surface area contributed by atoms with Crippen molar-refractivity contribution in [2.75, 3.05) is 6.61 Å². The molecule has 2 rings (SSSR count). The Balaban J connectivity index is 1.79. The lowest BCUT2D eigenvalue weighted by molar-refractivity contribution is -0.126. The minimum atomic E-state index is -0.315. The van der Waals surface area contributed by atoms with E-state index in [2.05, 4.69) is 24.7 Å². The van der Waals surface area contributed by atoms with Crippen molar-refractivity contribution in [3.63, 3.8) is 0 Å². The van der Waals surface area contributed by atoms with E-state index >= 15 is 0 Å². The van der Waals surface area contributed by atoms with Crippen LogP contribution in [0.4, 0.5) is 0 Å². The second kappa shape index (κ2) is 8.56. The monoisotopic (exact) mass is 318 g/mol. The van der Waals surface area contributed by atoms with Crippen molar-refractivity contribution >= 4 is 11.8 Å².